The topological polar surface area (TPSA) is 79.1 Å². The number of hydrogen-bond donors (Lipinski definition) is 0. The number of ether oxygens (including phenoxy) is 2. The van der Waals surface area contributed by atoms with Gasteiger partial charge >= 0.3 is 5.97 Å². The van der Waals surface area contributed by atoms with Crippen LogP contribution in [0.5, 0.6) is 11.5 Å². The highest BCUT2D eigenvalue weighted by Gasteiger charge is 2.24. The smallest absolute Gasteiger partial charge is 0.343 e. The molecule has 3 rings (SSSR count). The van der Waals surface area contributed by atoms with Crippen LogP contribution < -0.4 is 10.2 Å². The van der Waals surface area contributed by atoms with Gasteiger partial charge in [0.25, 0.3) is 0 Å². The van der Waals surface area contributed by atoms with E-state index in [4.69, 9.17) is 14.3 Å². The number of aromatic nitrogens is 1. The fourth-order valence-electron chi connectivity index (χ4n) is 2.88. The SMILES string of the molecule is CCOC(=O)c1cn(C[C@H]2CC(C(C)C)=NO2)cc(Oc2ccccc2)c1=O. The summed E-state index contributed by atoms with van der Waals surface area (Å²) in [6.07, 6.45) is 3.59. The van der Waals surface area contributed by atoms with Crippen molar-refractivity contribution in [1.29, 1.82) is 0 Å². The Kier molecular flexibility index (Phi) is 6.13. The lowest BCUT2D eigenvalue weighted by atomic mass is 10.0. The standard InChI is InChI=1S/C21H24N2O5/c1-4-26-21(25)17-12-23(11-16-10-18(14(2)3)22-28-16)13-19(20(17)24)27-15-8-6-5-7-9-15/h5-9,12-14,16H,4,10-11H2,1-3H3/t16-/m1/s1. The summed E-state index contributed by atoms with van der Waals surface area (Å²) in [5.41, 5.74) is 0.417. The van der Waals surface area contributed by atoms with Crippen LogP contribution in [-0.2, 0) is 16.1 Å². The van der Waals surface area contributed by atoms with Gasteiger partial charge in [0.15, 0.2) is 11.9 Å². The zero-order chi connectivity index (χ0) is 20.1. The number of nitrogens with zero attached hydrogens (tertiary/aromatic N) is 2. The van der Waals surface area contributed by atoms with Crippen molar-refractivity contribution < 1.29 is 19.1 Å². The second kappa shape index (κ2) is 8.73. The molecule has 0 spiro atoms. The molecule has 0 bridgehead atoms. The molecule has 2 heterocycles. The van der Waals surface area contributed by atoms with Crippen LogP contribution in [0.4, 0.5) is 0 Å². The van der Waals surface area contributed by atoms with Gasteiger partial charge in [-0.15, -0.1) is 0 Å². The molecule has 1 aliphatic heterocycles. The maximum absolute atomic E-state index is 12.7. The molecule has 1 aromatic heterocycles. The molecule has 0 amide bonds. The fourth-order valence-corrected chi connectivity index (χ4v) is 2.88. The van der Waals surface area contributed by atoms with Gasteiger partial charge in [-0.25, -0.2) is 4.79 Å². The van der Waals surface area contributed by atoms with Crippen molar-refractivity contribution in [3.05, 3.63) is 58.5 Å². The van der Waals surface area contributed by atoms with Crippen molar-refractivity contribution in [3.63, 3.8) is 0 Å². The molecule has 1 atom stereocenters. The predicted octanol–water partition coefficient (Wildman–Crippen LogP) is 3.62. The molecule has 7 heteroatoms. The average molecular weight is 384 g/mol. The van der Waals surface area contributed by atoms with E-state index >= 15 is 0 Å². The predicted molar refractivity (Wildman–Crippen MR) is 105 cm³/mol. The molecule has 7 nitrogen and oxygen atoms in total. The Bertz CT molecular complexity index is 918. The highest BCUT2D eigenvalue weighted by atomic mass is 16.6. The number of rotatable bonds is 7. The molecule has 0 saturated heterocycles. The van der Waals surface area contributed by atoms with Gasteiger partial charge < -0.3 is 18.9 Å². The second-order valence-electron chi connectivity index (χ2n) is 6.87. The first kappa shape index (κ1) is 19.7. The molecule has 1 aliphatic rings. The first-order chi connectivity index (χ1) is 13.5. The number of hydrogen-bond acceptors (Lipinski definition) is 6. The van der Waals surface area contributed by atoms with Gasteiger partial charge in [0.05, 0.1) is 25.1 Å². The third-order valence-corrected chi connectivity index (χ3v) is 4.35. The van der Waals surface area contributed by atoms with Crippen LogP contribution in [0.2, 0.25) is 0 Å². The van der Waals surface area contributed by atoms with Crippen LogP contribution in [-0.4, -0.2) is 29.0 Å². The third kappa shape index (κ3) is 4.60. The van der Waals surface area contributed by atoms with E-state index in [0.717, 1.165) is 5.71 Å². The largest absolute Gasteiger partial charge is 0.462 e. The summed E-state index contributed by atoms with van der Waals surface area (Å²) in [5.74, 6) is 0.201. The number of oxime groups is 1. The zero-order valence-corrected chi connectivity index (χ0v) is 16.3. The minimum Gasteiger partial charge on any atom is -0.462 e. The van der Waals surface area contributed by atoms with Gasteiger partial charge in [-0.1, -0.05) is 37.2 Å². The van der Waals surface area contributed by atoms with E-state index in [2.05, 4.69) is 19.0 Å². The fraction of sp³-hybridized carbons (Fsp3) is 0.381. The Balaban J connectivity index is 1.89. The number of benzene rings is 1. The number of para-hydroxylation sites is 1. The van der Waals surface area contributed by atoms with E-state index in [9.17, 15) is 9.59 Å². The highest BCUT2D eigenvalue weighted by molar-refractivity contribution is 5.89. The molecular formula is C21H24N2O5. The normalized spacial score (nSPS) is 15.9. The maximum Gasteiger partial charge on any atom is 0.343 e. The van der Waals surface area contributed by atoms with Crippen LogP contribution in [0, 0.1) is 5.92 Å². The first-order valence-corrected chi connectivity index (χ1v) is 9.34. The Labute approximate surface area is 163 Å². The summed E-state index contributed by atoms with van der Waals surface area (Å²) in [6.45, 7) is 6.43. The Morgan fingerprint density at radius 2 is 2.04 bits per heavy atom. The molecule has 0 fully saturated rings. The van der Waals surface area contributed by atoms with E-state index in [1.165, 1.54) is 6.20 Å². The molecule has 0 aliphatic carbocycles. The Hall–Kier alpha value is -3.09. The van der Waals surface area contributed by atoms with Crippen molar-refractivity contribution >= 4 is 11.7 Å². The lowest BCUT2D eigenvalue weighted by Crippen LogP contribution is -2.24. The number of esters is 1. The summed E-state index contributed by atoms with van der Waals surface area (Å²) in [4.78, 5) is 30.5. The van der Waals surface area contributed by atoms with E-state index in [0.29, 0.717) is 24.6 Å². The molecule has 148 valence electrons. The maximum atomic E-state index is 12.7. The minimum atomic E-state index is -0.675. The van der Waals surface area contributed by atoms with E-state index in [-0.39, 0.29) is 24.0 Å². The van der Waals surface area contributed by atoms with Gasteiger partial charge in [-0.2, -0.15) is 0 Å². The van der Waals surface area contributed by atoms with Crippen LogP contribution in [0.15, 0.2) is 52.7 Å². The lowest BCUT2D eigenvalue weighted by Gasteiger charge is -2.15. The van der Waals surface area contributed by atoms with Crippen LogP contribution in [0.25, 0.3) is 0 Å². The Morgan fingerprint density at radius 1 is 1.29 bits per heavy atom. The van der Waals surface area contributed by atoms with E-state index < -0.39 is 11.4 Å². The third-order valence-electron chi connectivity index (χ3n) is 4.35. The highest BCUT2D eigenvalue weighted by Crippen LogP contribution is 2.21. The summed E-state index contributed by atoms with van der Waals surface area (Å²) in [6, 6.07) is 8.94. The minimum absolute atomic E-state index is 0.0553. The van der Waals surface area contributed by atoms with Crippen molar-refractivity contribution in [2.75, 3.05) is 6.61 Å². The molecule has 0 saturated carbocycles. The summed E-state index contributed by atoms with van der Waals surface area (Å²) < 4.78 is 12.5. The monoisotopic (exact) mass is 384 g/mol. The van der Waals surface area contributed by atoms with Crippen LogP contribution in [0.3, 0.4) is 0 Å². The molecular weight excluding hydrogens is 360 g/mol. The summed E-state index contributed by atoms with van der Waals surface area (Å²) in [5, 5.41) is 4.13. The van der Waals surface area contributed by atoms with Crippen LogP contribution >= 0.6 is 0 Å². The quantitative estimate of drug-likeness (QED) is 0.681. The van der Waals surface area contributed by atoms with Crippen molar-refractivity contribution in [1.82, 2.24) is 4.57 Å². The summed E-state index contributed by atoms with van der Waals surface area (Å²) >= 11 is 0. The van der Waals surface area contributed by atoms with Crippen molar-refractivity contribution in [2.24, 2.45) is 11.1 Å². The zero-order valence-electron chi connectivity index (χ0n) is 16.3. The van der Waals surface area contributed by atoms with Crippen molar-refractivity contribution in [3.8, 4) is 11.5 Å². The number of carbonyl (C=O) groups is 1. The first-order valence-electron chi connectivity index (χ1n) is 9.34. The number of pyridine rings is 1. The molecule has 2 aromatic rings. The molecule has 0 radical (unpaired) electrons. The molecule has 0 N–H and O–H groups in total. The van der Waals surface area contributed by atoms with Gasteiger partial charge in [-0.3, -0.25) is 4.79 Å². The van der Waals surface area contributed by atoms with Crippen molar-refractivity contribution in [2.45, 2.75) is 39.8 Å². The van der Waals surface area contributed by atoms with Crippen LogP contribution in [0.1, 0.15) is 37.6 Å². The van der Waals surface area contributed by atoms with E-state index in [1.54, 1.807) is 42.0 Å². The van der Waals surface area contributed by atoms with Gasteiger partial charge in [0.2, 0.25) is 5.43 Å². The Morgan fingerprint density at radius 3 is 2.68 bits per heavy atom. The summed E-state index contributed by atoms with van der Waals surface area (Å²) in [7, 11) is 0. The van der Waals surface area contributed by atoms with Gasteiger partial charge in [0, 0.05) is 12.6 Å². The second-order valence-corrected chi connectivity index (χ2v) is 6.87. The molecule has 28 heavy (non-hydrogen) atoms. The lowest BCUT2D eigenvalue weighted by molar-refractivity contribution is 0.0520. The van der Waals surface area contributed by atoms with Gasteiger partial charge in [0.1, 0.15) is 11.3 Å². The number of carbonyl (C=O) groups excluding carboxylic acids is 1. The van der Waals surface area contributed by atoms with Gasteiger partial charge in [-0.05, 0) is 25.0 Å². The van der Waals surface area contributed by atoms with E-state index in [1.807, 2.05) is 6.07 Å². The molecule has 1 aromatic carbocycles. The molecule has 0 unspecified atom stereocenters. The average Bonchev–Trinajstić information content (AvgIpc) is 3.14.